The first-order valence-electron chi connectivity index (χ1n) is 10.0. The van der Waals surface area contributed by atoms with Gasteiger partial charge in [-0.2, -0.15) is 0 Å². The zero-order valence-electron chi connectivity index (χ0n) is 17.9. The summed E-state index contributed by atoms with van der Waals surface area (Å²) in [5.74, 6) is -1.37. The Morgan fingerprint density at radius 1 is 0.970 bits per heavy atom. The maximum absolute atomic E-state index is 13.9. The molecule has 0 unspecified atom stereocenters. The van der Waals surface area contributed by atoms with Crippen molar-refractivity contribution in [3.8, 4) is 11.5 Å². The zero-order chi connectivity index (χ0) is 23.6. The summed E-state index contributed by atoms with van der Waals surface area (Å²) in [7, 11) is 2.81. The lowest BCUT2D eigenvalue weighted by atomic mass is 9.91. The standard InChI is InChI=1S/C24H21ClF2N2O4/c1-31-22-9-15(25)5-8-17(22)24(28-20-10-18(26)19(27)11-21(20)29-24)12-14-3-6-16(7-4-14)33-13-23(30)32-2/h3-11,28-29H,12-13H2,1-2H3. The molecular weight excluding hydrogens is 454 g/mol. The molecule has 172 valence electrons. The number of hydrogen-bond donors (Lipinski definition) is 2. The van der Waals surface area contributed by atoms with Crippen LogP contribution in [0.15, 0.2) is 54.6 Å². The van der Waals surface area contributed by atoms with E-state index in [4.69, 9.17) is 21.1 Å². The van der Waals surface area contributed by atoms with Gasteiger partial charge in [0.05, 0.1) is 25.6 Å². The molecule has 0 aromatic heterocycles. The van der Waals surface area contributed by atoms with E-state index in [0.717, 1.165) is 17.7 Å². The van der Waals surface area contributed by atoms with Crippen LogP contribution in [0, 0.1) is 11.6 Å². The Hall–Kier alpha value is -3.52. The summed E-state index contributed by atoms with van der Waals surface area (Å²) >= 11 is 6.15. The maximum atomic E-state index is 13.9. The van der Waals surface area contributed by atoms with E-state index in [-0.39, 0.29) is 6.61 Å². The lowest BCUT2D eigenvalue weighted by Crippen LogP contribution is -2.41. The Bertz CT molecular complexity index is 1160. The third kappa shape index (κ3) is 4.66. The van der Waals surface area contributed by atoms with Gasteiger partial charge < -0.3 is 24.8 Å². The van der Waals surface area contributed by atoms with Crippen LogP contribution in [-0.2, 0) is 21.6 Å². The first-order valence-corrected chi connectivity index (χ1v) is 10.4. The van der Waals surface area contributed by atoms with E-state index in [1.807, 2.05) is 12.1 Å². The van der Waals surface area contributed by atoms with Crippen molar-refractivity contribution in [1.82, 2.24) is 0 Å². The Morgan fingerprint density at radius 3 is 2.18 bits per heavy atom. The average molecular weight is 475 g/mol. The number of rotatable bonds is 7. The van der Waals surface area contributed by atoms with Crippen LogP contribution in [0.4, 0.5) is 20.2 Å². The van der Waals surface area contributed by atoms with Crippen LogP contribution < -0.4 is 20.1 Å². The molecule has 1 aliphatic rings. The van der Waals surface area contributed by atoms with E-state index < -0.39 is 23.3 Å². The summed E-state index contributed by atoms with van der Waals surface area (Å²) in [4.78, 5) is 11.3. The van der Waals surface area contributed by atoms with Gasteiger partial charge in [-0.25, -0.2) is 13.6 Å². The number of carbonyl (C=O) groups is 1. The number of nitrogens with one attached hydrogen (secondary N) is 2. The highest BCUT2D eigenvalue weighted by Crippen LogP contribution is 2.45. The molecule has 0 aliphatic carbocycles. The van der Waals surface area contributed by atoms with Gasteiger partial charge in [0.25, 0.3) is 0 Å². The fourth-order valence-corrected chi connectivity index (χ4v) is 3.95. The number of halogens is 3. The van der Waals surface area contributed by atoms with Crippen LogP contribution in [0.5, 0.6) is 11.5 Å². The van der Waals surface area contributed by atoms with Crippen LogP contribution in [-0.4, -0.2) is 26.8 Å². The molecule has 3 aromatic carbocycles. The summed E-state index contributed by atoms with van der Waals surface area (Å²) in [5.41, 5.74) is 1.45. The second kappa shape index (κ2) is 9.15. The molecule has 0 fully saturated rings. The minimum absolute atomic E-state index is 0.197. The zero-order valence-corrected chi connectivity index (χ0v) is 18.6. The molecule has 33 heavy (non-hydrogen) atoms. The normalized spacial score (nSPS) is 13.5. The smallest absolute Gasteiger partial charge is 0.343 e. The van der Waals surface area contributed by atoms with E-state index in [2.05, 4.69) is 15.4 Å². The number of fused-ring (bicyclic) bond motifs is 1. The van der Waals surface area contributed by atoms with Crippen LogP contribution in [0.3, 0.4) is 0 Å². The number of esters is 1. The molecule has 1 heterocycles. The molecule has 6 nitrogen and oxygen atoms in total. The molecule has 0 saturated carbocycles. The van der Waals surface area contributed by atoms with Gasteiger partial charge in [0.2, 0.25) is 0 Å². The number of ether oxygens (including phenoxy) is 3. The van der Waals surface area contributed by atoms with Gasteiger partial charge in [-0.1, -0.05) is 23.7 Å². The summed E-state index contributed by atoms with van der Waals surface area (Å²) < 4.78 is 43.4. The van der Waals surface area contributed by atoms with Crippen molar-refractivity contribution >= 4 is 28.9 Å². The predicted molar refractivity (Wildman–Crippen MR) is 121 cm³/mol. The lowest BCUT2D eigenvalue weighted by molar-refractivity contribution is -0.142. The summed E-state index contributed by atoms with van der Waals surface area (Å²) in [6.45, 7) is -0.197. The third-order valence-electron chi connectivity index (χ3n) is 5.36. The molecule has 4 rings (SSSR count). The molecule has 0 atom stereocenters. The van der Waals surface area contributed by atoms with E-state index in [1.165, 1.54) is 14.2 Å². The molecule has 1 aliphatic heterocycles. The van der Waals surface area contributed by atoms with Gasteiger partial charge in [0.1, 0.15) is 17.2 Å². The number of anilines is 2. The van der Waals surface area contributed by atoms with Crippen molar-refractivity contribution in [3.05, 3.63) is 82.4 Å². The molecule has 0 bridgehead atoms. The SMILES string of the molecule is COC(=O)COc1ccc(CC2(c3ccc(Cl)cc3OC)Nc3cc(F)c(F)cc3N2)cc1. The molecule has 0 radical (unpaired) electrons. The average Bonchev–Trinajstić information content (AvgIpc) is 3.15. The topological polar surface area (TPSA) is 68.8 Å². The summed E-state index contributed by atoms with van der Waals surface area (Å²) in [6, 6.07) is 14.6. The van der Waals surface area contributed by atoms with Crippen molar-refractivity contribution in [2.75, 3.05) is 31.5 Å². The van der Waals surface area contributed by atoms with Crippen LogP contribution in [0.25, 0.3) is 0 Å². The Kier molecular flexibility index (Phi) is 6.29. The van der Waals surface area contributed by atoms with Crippen molar-refractivity contribution < 1.29 is 27.8 Å². The fourth-order valence-electron chi connectivity index (χ4n) is 3.79. The minimum Gasteiger partial charge on any atom is -0.496 e. The molecule has 0 saturated heterocycles. The van der Waals surface area contributed by atoms with E-state index in [9.17, 15) is 13.6 Å². The Balaban J connectivity index is 1.69. The highest BCUT2D eigenvalue weighted by molar-refractivity contribution is 6.30. The first kappa shape index (κ1) is 22.7. The van der Waals surface area contributed by atoms with Gasteiger partial charge in [-0.3, -0.25) is 0 Å². The Morgan fingerprint density at radius 2 is 1.61 bits per heavy atom. The minimum atomic E-state index is -0.979. The van der Waals surface area contributed by atoms with Crippen molar-refractivity contribution in [2.24, 2.45) is 0 Å². The second-order valence-corrected chi connectivity index (χ2v) is 7.93. The van der Waals surface area contributed by atoms with Crippen molar-refractivity contribution in [2.45, 2.75) is 12.1 Å². The van der Waals surface area contributed by atoms with Gasteiger partial charge in [-0.05, 0) is 35.9 Å². The van der Waals surface area contributed by atoms with Gasteiger partial charge >= 0.3 is 5.97 Å². The van der Waals surface area contributed by atoms with E-state index >= 15 is 0 Å². The number of benzene rings is 3. The summed E-state index contributed by atoms with van der Waals surface area (Å²) in [6.07, 6.45) is 0.375. The monoisotopic (exact) mass is 474 g/mol. The third-order valence-corrected chi connectivity index (χ3v) is 5.59. The largest absolute Gasteiger partial charge is 0.496 e. The molecule has 0 amide bonds. The van der Waals surface area contributed by atoms with E-state index in [1.54, 1.807) is 30.3 Å². The molecule has 9 heteroatoms. The second-order valence-electron chi connectivity index (χ2n) is 7.50. The first-order chi connectivity index (χ1) is 15.8. The highest BCUT2D eigenvalue weighted by atomic mass is 35.5. The van der Waals surface area contributed by atoms with Gasteiger partial charge in [0, 0.05) is 29.1 Å². The number of carbonyl (C=O) groups excluding carboxylic acids is 1. The van der Waals surface area contributed by atoms with Crippen LogP contribution in [0.1, 0.15) is 11.1 Å². The molecule has 0 spiro atoms. The predicted octanol–water partition coefficient (Wildman–Crippen LogP) is 5.11. The van der Waals surface area contributed by atoms with Crippen LogP contribution >= 0.6 is 11.6 Å². The Labute approximate surface area is 194 Å². The highest BCUT2D eigenvalue weighted by Gasteiger charge is 2.41. The van der Waals surface area contributed by atoms with Crippen LogP contribution in [0.2, 0.25) is 5.02 Å². The fraction of sp³-hybridized carbons (Fsp3) is 0.208. The summed E-state index contributed by atoms with van der Waals surface area (Å²) in [5, 5.41) is 7.10. The lowest BCUT2D eigenvalue weighted by Gasteiger charge is -2.33. The molecular formula is C24H21ClF2N2O4. The van der Waals surface area contributed by atoms with E-state index in [0.29, 0.717) is 39.9 Å². The van der Waals surface area contributed by atoms with Crippen molar-refractivity contribution in [3.63, 3.8) is 0 Å². The van der Waals surface area contributed by atoms with Crippen molar-refractivity contribution in [1.29, 1.82) is 0 Å². The number of hydrogen-bond acceptors (Lipinski definition) is 6. The molecule has 3 aromatic rings. The quantitative estimate of drug-likeness (QED) is 0.464. The van der Waals surface area contributed by atoms with Gasteiger partial charge in [0.15, 0.2) is 18.2 Å². The number of methoxy groups -OCH3 is 2. The van der Waals surface area contributed by atoms with Gasteiger partial charge in [-0.15, -0.1) is 0 Å². The molecule has 2 N–H and O–H groups in total. The maximum Gasteiger partial charge on any atom is 0.343 e.